The van der Waals surface area contributed by atoms with Crippen molar-refractivity contribution >= 4 is 70.1 Å². The Morgan fingerprint density at radius 2 is 1.61 bits per heavy atom. The zero-order valence-electron chi connectivity index (χ0n) is 27.6. The average molecular weight is 759 g/mol. The van der Waals surface area contributed by atoms with Crippen LogP contribution in [0.3, 0.4) is 0 Å². The third-order valence-corrected chi connectivity index (χ3v) is 9.99. The number of esters is 3. The summed E-state index contributed by atoms with van der Waals surface area (Å²) in [5.41, 5.74) is 4.78. The molecule has 2 aliphatic rings. The van der Waals surface area contributed by atoms with Gasteiger partial charge >= 0.3 is 24.0 Å². The summed E-state index contributed by atoms with van der Waals surface area (Å²) in [6.07, 6.45) is -3.07. The fourth-order valence-electron chi connectivity index (χ4n) is 6.33. The molecule has 3 heterocycles. The Hall–Kier alpha value is -4.44. The van der Waals surface area contributed by atoms with Crippen LogP contribution in [-0.4, -0.2) is 93.1 Å². The van der Waals surface area contributed by atoms with Gasteiger partial charge in [-0.25, -0.2) is 19.6 Å². The fraction of sp³-hybridized carbons (Fsp3) is 0.382. The van der Waals surface area contributed by atoms with Crippen molar-refractivity contribution in [3.8, 4) is 11.1 Å². The molecule has 51 heavy (non-hydrogen) atoms. The van der Waals surface area contributed by atoms with Crippen LogP contribution in [0.25, 0.3) is 22.3 Å². The molecule has 0 spiro atoms. The van der Waals surface area contributed by atoms with E-state index in [-0.39, 0.29) is 46.3 Å². The van der Waals surface area contributed by atoms with Crippen molar-refractivity contribution in [1.82, 2.24) is 24.8 Å². The summed E-state index contributed by atoms with van der Waals surface area (Å²) < 4.78 is 29.6. The number of fused-ring (bicyclic) bond motifs is 4. The summed E-state index contributed by atoms with van der Waals surface area (Å²) in [7, 11) is 1.23. The minimum Gasteiger partial charge on any atom is -0.467 e. The molecule has 4 aromatic rings. The first-order valence-electron chi connectivity index (χ1n) is 15.9. The number of carbonyl (C=O) groups is 4. The molecule has 6 rings (SSSR count). The Bertz CT molecular complexity index is 1920. The average Bonchev–Trinajstić information content (AvgIpc) is 3.76. The highest BCUT2D eigenvalue weighted by Crippen LogP contribution is 2.44. The Labute approximate surface area is 306 Å². The number of nitrogens with one attached hydrogen (secondary N) is 1. The number of aromatic nitrogens is 4. The molecule has 5 atom stereocenters. The molecule has 268 valence electrons. The molecule has 1 aliphatic heterocycles. The number of halogens is 2. The number of carbonyl (C=O) groups excluding carboxylic acids is 4. The van der Waals surface area contributed by atoms with E-state index in [9.17, 15) is 19.2 Å². The van der Waals surface area contributed by atoms with Gasteiger partial charge in [0.2, 0.25) is 5.28 Å². The van der Waals surface area contributed by atoms with E-state index in [0.29, 0.717) is 5.75 Å². The number of amides is 1. The molecule has 2 aromatic carbocycles. The van der Waals surface area contributed by atoms with Gasteiger partial charge in [-0.15, -0.1) is 0 Å². The van der Waals surface area contributed by atoms with Crippen molar-refractivity contribution in [2.45, 2.75) is 56.8 Å². The second-order valence-electron chi connectivity index (χ2n) is 11.7. The number of imidazole rings is 1. The molecule has 3 unspecified atom stereocenters. The summed E-state index contributed by atoms with van der Waals surface area (Å²) in [5, 5.41) is 2.51. The smallest absolute Gasteiger partial charge is 0.407 e. The van der Waals surface area contributed by atoms with E-state index < -0.39 is 54.6 Å². The van der Waals surface area contributed by atoms with Gasteiger partial charge < -0.3 is 29.0 Å². The number of thioether (sulfide) groups is 1. The van der Waals surface area contributed by atoms with E-state index in [0.717, 1.165) is 22.3 Å². The van der Waals surface area contributed by atoms with Crippen molar-refractivity contribution in [2.75, 3.05) is 25.2 Å². The van der Waals surface area contributed by atoms with Gasteiger partial charge in [0.25, 0.3) is 0 Å². The van der Waals surface area contributed by atoms with E-state index in [1.54, 1.807) is 0 Å². The number of methoxy groups -OCH3 is 1. The van der Waals surface area contributed by atoms with Crippen LogP contribution < -0.4 is 5.32 Å². The van der Waals surface area contributed by atoms with Crippen LogP contribution in [0.15, 0.2) is 54.9 Å². The lowest BCUT2D eigenvalue weighted by Crippen LogP contribution is -2.42. The lowest BCUT2D eigenvalue weighted by molar-refractivity contribution is -0.165. The zero-order valence-corrected chi connectivity index (χ0v) is 29.9. The molecular formula is C34H33Cl2N5O9S. The largest absolute Gasteiger partial charge is 0.467 e. The second-order valence-corrected chi connectivity index (χ2v) is 13.6. The Morgan fingerprint density at radius 1 is 0.961 bits per heavy atom. The predicted octanol–water partition coefficient (Wildman–Crippen LogP) is 5.10. The molecule has 0 bridgehead atoms. The summed E-state index contributed by atoms with van der Waals surface area (Å²) >= 11 is 13.6. The highest BCUT2D eigenvalue weighted by Gasteiger charge is 2.50. The molecule has 0 radical (unpaired) electrons. The summed E-state index contributed by atoms with van der Waals surface area (Å²) in [6.45, 7) is 2.54. The van der Waals surface area contributed by atoms with E-state index in [1.807, 2.05) is 48.5 Å². The third-order valence-electron chi connectivity index (χ3n) is 8.47. The van der Waals surface area contributed by atoms with Crippen molar-refractivity contribution in [3.63, 3.8) is 0 Å². The molecule has 2 aromatic heterocycles. The monoisotopic (exact) mass is 757 g/mol. The minimum atomic E-state index is -1.08. The maximum atomic E-state index is 13.0. The molecule has 1 saturated heterocycles. The quantitative estimate of drug-likeness (QED) is 0.0667. The molecule has 1 fully saturated rings. The van der Waals surface area contributed by atoms with E-state index in [2.05, 4.69) is 20.3 Å². The van der Waals surface area contributed by atoms with Gasteiger partial charge in [-0.1, -0.05) is 60.1 Å². The molecule has 1 amide bonds. The van der Waals surface area contributed by atoms with Crippen molar-refractivity contribution in [3.05, 3.63) is 76.4 Å². The molecule has 1 N–H and O–H groups in total. The van der Waals surface area contributed by atoms with Gasteiger partial charge in [-0.05, 0) is 46.0 Å². The molecule has 14 nitrogen and oxygen atoms in total. The zero-order chi connectivity index (χ0) is 36.2. The standard InChI is InChI=1S/C34H33Cl2N5O9S/c1-17(42)48-27-25(50-31(28(27)49-18(2)43)41-16-37-26-29(35)39-33(36)40-30(26)41)15-51-13-12-24(32(44)46-3)38-34(45)47-14-23-21-10-6-4-8-19(21)20-9-5-7-11-22(20)23/h4-11,16,23-25,27-28,31H,12-15H2,1-3H3,(H,38,45)/t24?,25?,27-,28-,31?/m1/s1. The van der Waals surface area contributed by atoms with E-state index in [4.69, 9.17) is 46.9 Å². The number of hydrogen-bond donors (Lipinski definition) is 1. The Balaban J connectivity index is 1.09. The summed E-state index contributed by atoms with van der Waals surface area (Å²) in [4.78, 5) is 62.3. The first kappa shape index (κ1) is 36.4. The number of alkyl carbamates (subject to hydrolysis) is 1. The number of rotatable bonds is 12. The number of nitrogens with zero attached hydrogens (tertiary/aromatic N) is 4. The first-order chi connectivity index (χ1) is 24.5. The highest BCUT2D eigenvalue weighted by molar-refractivity contribution is 7.99. The van der Waals surface area contributed by atoms with Crippen molar-refractivity contribution in [1.29, 1.82) is 0 Å². The molecule has 17 heteroatoms. The van der Waals surface area contributed by atoms with Crippen LogP contribution in [0.2, 0.25) is 10.4 Å². The second kappa shape index (κ2) is 15.8. The molecule has 1 aliphatic carbocycles. The maximum Gasteiger partial charge on any atom is 0.407 e. The predicted molar refractivity (Wildman–Crippen MR) is 186 cm³/mol. The van der Waals surface area contributed by atoms with Crippen LogP contribution in [-0.2, 0) is 38.1 Å². The number of hydrogen-bond acceptors (Lipinski definition) is 13. The van der Waals surface area contributed by atoms with Crippen LogP contribution in [0, 0.1) is 0 Å². The third kappa shape index (κ3) is 7.91. The van der Waals surface area contributed by atoms with Gasteiger partial charge in [-0.3, -0.25) is 14.2 Å². The van der Waals surface area contributed by atoms with Gasteiger partial charge in [0.05, 0.1) is 13.4 Å². The van der Waals surface area contributed by atoms with Crippen LogP contribution in [0.5, 0.6) is 0 Å². The van der Waals surface area contributed by atoms with Crippen LogP contribution >= 0.6 is 35.0 Å². The van der Waals surface area contributed by atoms with Gasteiger partial charge in [0.15, 0.2) is 29.2 Å². The van der Waals surface area contributed by atoms with Gasteiger partial charge in [0.1, 0.15) is 24.3 Å². The number of benzene rings is 2. The first-order valence-corrected chi connectivity index (χ1v) is 17.8. The summed E-state index contributed by atoms with van der Waals surface area (Å²) in [5.74, 6) is -1.43. The minimum absolute atomic E-state index is 0.0151. The Morgan fingerprint density at radius 3 is 2.25 bits per heavy atom. The van der Waals surface area contributed by atoms with Gasteiger partial charge in [-0.2, -0.15) is 16.7 Å². The Kier molecular flexibility index (Phi) is 11.3. The SMILES string of the molecule is COC(=O)C(CCSCC1OC(n2cnc3c(Cl)nc(Cl)nc32)[C@H](OC(C)=O)[C@@H]1OC(C)=O)NC(=O)OCC1c2ccccc2-c2ccccc21. The molecular weight excluding hydrogens is 725 g/mol. The van der Waals surface area contributed by atoms with Crippen molar-refractivity contribution < 1.29 is 42.9 Å². The number of ether oxygens (including phenoxy) is 5. The van der Waals surface area contributed by atoms with E-state index >= 15 is 0 Å². The van der Waals surface area contributed by atoms with Crippen molar-refractivity contribution in [2.24, 2.45) is 0 Å². The normalized spacial score (nSPS) is 19.9. The topological polar surface area (TPSA) is 170 Å². The lowest BCUT2D eigenvalue weighted by atomic mass is 9.98. The van der Waals surface area contributed by atoms with E-state index in [1.165, 1.54) is 43.6 Å². The van der Waals surface area contributed by atoms with Crippen LogP contribution in [0.1, 0.15) is 43.5 Å². The van der Waals surface area contributed by atoms with Gasteiger partial charge in [0, 0.05) is 25.5 Å². The lowest BCUT2D eigenvalue weighted by Gasteiger charge is -2.24. The fourth-order valence-corrected chi connectivity index (χ4v) is 7.83. The molecule has 0 saturated carbocycles. The maximum absolute atomic E-state index is 13.0. The highest BCUT2D eigenvalue weighted by atomic mass is 35.5. The summed E-state index contributed by atoms with van der Waals surface area (Å²) in [6, 6.07) is 15.0. The van der Waals surface area contributed by atoms with Crippen LogP contribution in [0.4, 0.5) is 4.79 Å².